The fourth-order valence-corrected chi connectivity index (χ4v) is 0.503. The molecule has 0 aromatic carbocycles. The maximum Gasteiger partial charge on any atom is 0.0673 e. The molecule has 2 N–H and O–H groups in total. The summed E-state index contributed by atoms with van der Waals surface area (Å²) in [4.78, 5) is 0. The number of nitrogens with two attached hydrogens (primary N) is 1. The molecule has 0 aromatic rings. The van der Waals surface area contributed by atoms with E-state index in [2.05, 4.69) is 11.8 Å². The molecule has 1 aliphatic rings. The first-order valence-electron chi connectivity index (χ1n) is 2.13. The van der Waals surface area contributed by atoms with E-state index in [1.165, 1.54) is 0 Å². The molecule has 0 spiro atoms. The summed E-state index contributed by atoms with van der Waals surface area (Å²) < 4.78 is 0. The molecule has 0 bridgehead atoms. The van der Waals surface area contributed by atoms with Crippen LogP contribution in [-0.2, 0) is 0 Å². The Morgan fingerprint density at radius 2 is 2.50 bits per heavy atom. The topological polar surface area (TPSA) is 26.0 Å². The fraction of sp³-hybridized carbons (Fsp3) is 0.600. The third-order valence-corrected chi connectivity index (χ3v) is 0.868. The lowest BCUT2D eigenvalue weighted by molar-refractivity contribution is 0.791. The van der Waals surface area contributed by atoms with Crippen LogP contribution in [0.4, 0.5) is 0 Å². The Kier molecular flexibility index (Phi) is 0.813. The Hall–Kier alpha value is -0.480. The van der Waals surface area contributed by atoms with Crippen LogP contribution in [0.3, 0.4) is 0 Å². The third kappa shape index (κ3) is 0.526. The van der Waals surface area contributed by atoms with Gasteiger partial charge in [-0.15, -0.1) is 5.92 Å². The van der Waals surface area contributed by atoms with Gasteiger partial charge in [0.2, 0.25) is 0 Å². The van der Waals surface area contributed by atoms with Gasteiger partial charge in [-0.1, -0.05) is 5.92 Å². The van der Waals surface area contributed by atoms with Crippen LogP contribution in [0, 0.1) is 11.8 Å². The lowest BCUT2D eigenvalue weighted by Gasteiger charge is -1.88. The van der Waals surface area contributed by atoms with E-state index >= 15 is 0 Å². The molecule has 0 amide bonds. The van der Waals surface area contributed by atoms with Crippen LogP contribution >= 0.6 is 0 Å². The number of rotatable bonds is 0. The first kappa shape index (κ1) is 3.70. The molecule has 1 nitrogen and oxygen atoms in total. The van der Waals surface area contributed by atoms with Crippen LogP contribution in [0.1, 0.15) is 12.8 Å². The molecule has 0 aromatic heterocycles. The van der Waals surface area contributed by atoms with E-state index in [4.69, 9.17) is 5.73 Å². The summed E-state index contributed by atoms with van der Waals surface area (Å²) in [5.74, 6) is 5.74. The Morgan fingerprint density at radius 3 is 2.67 bits per heavy atom. The van der Waals surface area contributed by atoms with Gasteiger partial charge in [-0.25, -0.2) is 0 Å². The standard InChI is InChI=1S/C5H7N/c6-5-3-1-2-4-5/h5H,1,3,6H2. The minimum Gasteiger partial charge on any atom is -0.318 e. The smallest absolute Gasteiger partial charge is 0.0673 e. The van der Waals surface area contributed by atoms with Gasteiger partial charge in [-0.3, -0.25) is 0 Å². The van der Waals surface area contributed by atoms with Crippen LogP contribution < -0.4 is 5.73 Å². The molecule has 0 fully saturated rings. The van der Waals surface area contributed by atoms with Crippen LogP contribution in [0.15, 0.2) is 0 Å². The SMILES string of the molecule is NC1C#CCC1. The van der Waals surface area contributed by atoms with E-state index in [0.717, 1.165) is 12.8 Å². The van der Waals surface area contributed by atoms with Crippen LogP contribution in [0.25, 0.3) is 0 Å². The van der Waals surface area contributed by atoms with Gasteiger partial charge >= 0.3 is 0 Å². The van der Waals surface area contributed by atoms with Gasteiger partial charge in [0.25, 0.3) is 0 Å². The highest BCUT2D eigenvalue weighted by Gasteiger charge is 1.98. The highest BCUT2D eigenvalue weighted by atomic mass is 14.6. The summed E-state index contributed by atoms with van der Waals surface area (Å²) in [6.07, 6.45) is 2.04. The zero-order chi connectivity index (χ0) is 4.41. The Balaban J connectivity index is 2.45. The summed E-state index contributed by atoms with van der Waals surface area (Å²) in [6.45, 7) is 0. The predicted octanol–water partition coefficient (Wildman–Crippen LogP) is 0.111. The highest BCUT2D eigenvalue weighted by Crippen LogP contribution is 1.96. The van der Waals surface area contributed by atoms with E-state index in [-0.39, 0.29) is 6.04 Å². The Labute approximate surface area is 37.5 Å². The molecular formula is C5H7N. The van der Waals surface area contributed by atoms with E-state index in [0.29, 0.717) is 0 Å². The van der Waals surface area contributed by atoms with Gasteiger partial charge in [0.1, 0.15) is 0 Å². The zero-order valence-corrected chi connectivity index (χ0v) is 3.57. The average molecular weight is 81.1 g/mol. The van der Waals surface area contributed by atoms with Gasteiger partial charge in [-0.05, 0) is 6.42 Å². The van der Waals surface area contributed by atoms with Gasteiger partial charge in [0.15, 0.2) is 0 Å². The van der Waals surface area contributed by atoms with Crippen LogP contribution in [0.5, 0.6) is 0 Å². The van der Waals surface area contributed by atoms with E-state index in [1.807, 2.05) is 0 Å². The Morgan fingerprint density at radius 1 is 1.67 bits per heavy atom. The molecule has 0 aliphatic heterocycles. The van der Waals surface area contributed by atoms with Crippen LogP contribution in [0.2, 0.25) is 0 Å². The van der Waals surface area contributed by atoms with Crippen molar-refractivity contribution in [3.8, 4) is 11.8 Å². The molecule has 0 saturated heterocycles. The van der Waals surface area contributed by atoms with E-state index < -0.39 is 0 Å². The molecule has 1 unspecified atom stereocenters. The molecule has 1 heteroatoms. The second kappa shape index (κ2) is 1.32. The van der Waals surface area contributed by atoms with E-state index in [9.17, 15) is 0 Å². The van der Waals surface area contributed by atoms with Gasteiger partial charge in [0, 0.05) is 6.42 Å². The van der Waals surface area contributed by atoms with Crippen molar-refractivity contribution in [3.05, 3.63) is 0 Å². The number of hydrogen-bond acceptors (Lipinski definition) is 1. The third-order valence-electron chi connectivity index (χ3n) is 0.868. The summed E-state index contributed by atoms with van der Waals surface area (Å²) in [5.41, 5.74) is 5.36. The number of hydrogen-bond donors (Lipinski definition) is 1. The zero-order valence-electron chi connectivity index (χ0n) is 3.57. The van der Waals surface area contributed by atoms with Gasteiger partial charge in [0.05, 0.1) is 6.04 Å². The van der Waals surface area contributed by atoms with E-state index in [1.54, 1.807) is 0 Å². The van der Waals surface area contributed by atoms with Gasteiger partial charge < -0.3 is 5.73 Å². The second-order valence-corrected chi connectivity index (χ2v) is 1.47. The summed E-state index contributed by atoms with van der Waals surface area (Å²) in [6, 6.07) is 0.185. The second-order valence-electron chi connectivity index (χ2n) is 1.47. The first-order chi connectivity index (χ1) is 2.89. The molecule has 32 valence electrons. The highest BCUT2D eigenvalue weighted by molar-refractivity contribution is 5.13. The molecule has 1 aliphatic carbocycles. The summed E-state index contributed by atoms with van der Waals surface area (Å²) in [5, 5.41) is 0. The first-order valence-corrected chi connectivity index (χ1v) is 2.13. The quantitative estimate of drug-likeness (QED) is 0.411. The molecule has 0 radical (unpaired) electrons. The van der Waals surface area contributed by atoms with Crippen molar-refractivity contribution in [1.82, 2.24) is 0 Å². The lowest BCUT2D eigenvalue weighted by atomic mass is 10.3. The van der Waals surface area contributed by atoms with Crippen LogP contribution in [-0.4, -0.2) is 6.04 Å². The lowest BCUT2D eigenvalue weighted by Crippen LogP contribution is -2.12. The Bertz CT molecular complexity index is 96.2. The molecule has 6 heavy (non-hydrogen) atoms. The largest absolute Gasteiger partial charge is 0.318 e. The molecule has 0 saturated carbocycles. The maximum atomic E-state index is 5.36. The molecule has 1 atom stereocenters. The molecule has 0 heterocycles. The van der Waals surface area contributed by atoms with Crippen molar-refractivity contribution in [2.24, 2.45) is 5.73 Å². The fourth-order valence-electron chi connectivity index (χ4n) is 0.503. The normalized spacial score (nSPS) is 29.2. The maximum absolute atomic E-state index is 5.36. The van der Waals surface area contributed by atoms with Gasteiger partial charge in [-0.2, -0.15) is 0 Å². The average Bonchev–Trinajstić information content (AvgIpc) is 1.86. The summed E-state index contributed by atoms with van der Waals surface area (Å²) >= 11 is 0. The van der Waals surface area contributed by atoms with Crippen molar-refractivity contribution < 1.29 is 0 Å². The molecular weight excluding hydrogens is 74.1 g/mol. The monoisotopic (exact) mass is 81.1 g/mol. The summed E-state index contributed by atoms with van der Waals surface area (Å²) in [7, 11) is 0. The van der Waals surface area contributed by atoms with Crippen molar-refractivity contribution in [2.75, 3.05) is 0 Å². The minimum absolute atomic E-state index is 0.185. The van der Waals surface area contributed by atoms with Crippen molar-refractivity contribution in [1.29, 1.82) is 0 Å². The van der Waals surface area contributed by atoms with Crippen molar-refractivity contribution in [3.63, 3.8) is 0 Å². The minimum atomic E-state index is 0.185. The molecule has 1 rings (SSSR count). The predicted molar refractivity (Wildman–Crippen MR) is 25.0 cm³/mol. The van der Waals surface area contributed by atoms with Crippen molar-refractivity contribution >= 4 is 0 Å². The van der Waals surface area contributed by atoms with Crippen molar-refractivity contribution in [2.45, 2.75) is 18.9 Å².